The van der Waals surface area contributed by atoms with E-state index >= 15 is 0 Å². The Hall–Kier alpha value is -1.34. The lowest BCUT2D eigenvalue weighted by molar-refractivity contribution is -0.121. The van der Waals surface area contributed by atoms with Crippen LogP contribution >= 0.6 is 15.9 Å². The summed E-state index contributed by atoms with van der Waals surface area (Å²) in [6, 6.07) is 2.96. The van der Waals surface area contributed by atoms with E-state index in [1.165, 1.54) is 6.07 Å². The number of nitrogens with one attached hydrogen (secondary N) is 2. The second-order valence-electron chi connectivity index (χ2n) is 5.78. The summed E-state index contributed by atoms with van der Waals surface area (Å²) in [5.41, 5.74) is -0.172. The molecule has 2 amide bonds. The van der Waals surface area contributed by atoms with Gasteiger partial charge in [-0.05, 0) is 39.9 Å². The highest BCUT2D eigenvalue weighted by Gasteiger charge is 2.25. The Morgan fingerprint density at radius 1 is 1.38 bits per heavy atom. The van der Waals surface area contributed by atoms with Crippen LogP contribution in [0.4, 0.5) is 0 Å². The van der Waals surface area contributed by atoms with Crippen molar-refractivity contribution in [2.45, 2.75) is 33.2 Å². The van der Waals surface area contributed by atoms with Crippen molar-refractivity contribution < 1.29 is 19.1 Å². The Morgan fingerprint density at radius 2 is 2.05 bits per heavy atom. The standard InChI is InChI=1S/C14H21BrN2O4/c1-14(2,3)10(6-7-18)17-12(19)8-16-13(20)9-4-5-11(15)21-9/h4-5,10,18H,6-8H2,1-3H3,(H,16,20)(H,17,19). The predicted octanol–water partition coefficient (Wildman–Crippen LogP) is 1.69. The SMILES string of the molecule is CC(C)(C)C(CCO)NC(=O)CNC(=O)c1ccc(Br)o1. The van der Waals surface area contributed by atoms with E-state index in [4.69, 9.17) is 9.52 Å². The molecule has 118 valence electrons. The zero-order valence-electron chi connectivity index (χ0n) is 12.4. The lowest BCUT2D eigenvalue weighted by Gasteiger charge is -2.31. The maximum atomic E-state index is 11.9. The molecule has 7 heteroatoms. The summed E-state index contributed by atoms with van der Waals surface area (Å²) < 4.78 is 5.54. The quantitative estimate of drug-likeness (QED) is 0.719. The first-order valence-corrected chi connectivity index (χ1v) is 7.47. The molecule has 0 radical (unpaired) electrons. The first-order chi connectivity index (χ1) is 9.74. The van der Waals surface area contributed by atoms with Gasteiger partial charge in [0.25, 0.3) is 5.91 Å². The van der Waals surface area contributed by atoms with Crippen LogP contribution in [-0.4, -0.2) is 36.1 Å². The van der Waals surface area contributed by atoms with Crippen LogP contribution in [0.2, 0.25) is 0 Å². The molecule has 0 fully saturated rings. The van der Waals surface area contributed by atoms with Gasteiger partial charge in [0.1, 0.15) is 0 Å². The molecule has 0 aromatic carbocycles. The molecule has 1 rings (SSSR count). The molecule has 0 aliphatic rings. The van der Waals surface area contributed by atoms with Crippen LogP contribution in [0.25, 0.3) is 0 Å². The first kappa shape index (κ1) is 17.7. The van der Waals surface area contributed by atoms with Gasteiger partial charge in [0.05, 0.1) is 6.54 Å². The van der Waals surface area contributed by atoms with Crippen LogP contribution in [0.3, 0.4) is 0 Å². The van der Waals surface area contributed by atoms with Gasteiger partial charge in [-0.3, -0.25) is 9.59 Å². The van der Waals surface area contributed by atoms with Gasteiger partial charge in [-0.1, -0.05) is 20.8 Å². The second kappa shape index (κ2) is 7.61. The van der Waals surface area contributed by atoms with Gasteiger partial charge in [0.2, 0.25) is 5.91 Å². The minimum atomic E-state index is -0.453. The molecule has 3 N–H and O–H groups in total. The highest BCUT2D eigenvalue weighted by Crippen LogP contribution is 2.21. The molecule has 21 heavy (non-hydrogen) atoms. The number of carbonyl (C=O) groups is 2. The zero-order chi connectivity index (χ0) is 16.0. The number of hydrogen-bond acceptors (Lipinski definition) is 4. The number of amides is 2. The van der Waals surface area contributed by atoms with Crippen molar-refractivity contribution in [2.24, 2.45) is 5.41 Å². The molecule has 1 aromatic rings. The van der Waals surface area contributed by atoms with Crippen LogP contribution in [0, 0.1) is 5.41 Å². The van der Waals surface area contributed by atoms with Gasteiger partial charge in [0, 0.05) is 12.6 Å². The van der Waals surface area contributed by atoms with Crippen molar-refractivity contribution in [1.29, 1.82) is 0 Å². The Morgan fingerprint density at radius 3 is 2.52 bits per heavy atom. The number of aliphatic hydroxyl groups excluding tert-OH is 1. The molecule has 1 unspecified atom stereocenters. The van der Waals surface area contributed by atoms with Crippen molar-refractivity contribution in [1.82, 2.24) is 10.6 Å². The van der Waals surface area contributed by atoms with Gasteiger partial charge >= 0.3 is 0 Å². The minimum Gasteiger partial charge on any atom is -0.444 e. The molecular weight excluding hydrogens is 340 g/mol. The zero-order valence-corrected chi connectivity index (χ0v) is 14.0. The molecule has 6 nitrogen and oxygen atoms in total. The molecule has 0 spiro atoms. The molecule has 0 saturated heterocycles. The molecule has 0 saturated carbocycles. The van der Waals surface area contributed by atoms with Crippen molar-refractivity contribution in [2.75, 3.05) is 13.2 Å². The average molecular weight is 361 g/mol. The number of carbonyl (C=O) groups excluding carboxylic acids is 2. The fourth-order valence-corrected chi connectivity index (χ4v) is 2.09. The Balaban J connectivity index is 2.48. The highest BCUT2D eigenvalue weighted by atomic mass is 79.9. The lowest BCUT2D eigenvalue weighted by atomic mass is 9.85. The molecule has 1 atom stereocenters. The summed E-state index contributed by atoms with van der Waals surface area (Å²) in [7, 11) is 0. The van der Waals surface area contributed by atoms with Crippen LogP contribution in [0.5, 0.6) is 0 Å². The molecule has 0 bridgehead atoms. The normalized spacial score (nSPS) is 12.8. The largest absolute Gasteiger partial charge is 0.444 e. The fraction of sp³-hybridized carbons (Fsp3) is 0.571. The van der Waals surface area contributed by atoms with Crippen molar-refractivity contribution in [3.05, 3.63) is 22.6 Å². The van der Waals surface area contributed by atoms with E-state index in [0.717, 1.165) is 0 Å². The number of aliphatic hydroxyl groups is 1. The monoisotopic (exact) mass is 360 g/mol. The van der Waals surface area contributed by atoms with Crippen LogP contribution < -0.4 is 10.6 Å². The second-order valence-corrected chi connectivity index (χ2v) is 6.57. The minimum absolute atomic E-state index is 0.00496. The number of hydrogen-bond donors (Lipinski definition) is 3. The summed E-state index contributed by atoms with van der Waals surface area (Å²) in [4.78, 5) is 23.6. The summed E-state index contributed by atoms with van der Waals surface area (Å²) in [5, 5.41) is 14.3. The molecule has 0 aliphatic carbocycles. The van der Waals surface area contributed by atoms with Gasteiger partial charge in [-0.25, -0.2) is 0 Å². The van der Waals surface area contributed by atoms with Crippen molar-refractivity contribution in [3.8, 4) is 0 Å². The summed E-state index contributed by atoms with van der Waals surface area (Å²) >= 11 is 3.10. The Bertz CT molecular complexity index is 493. The average Bonchev–Trinajstić information content (AvgIpc) is 2.81. The fourth-order valence-electron chi connectivity index (χ4n) is 1.78. The van der Waals surface area contributed by atoms with E-state index < -0.39 is 5.91 Å². The van der Waals surface area contributed by atoms with Gasteiger partial charge in [-0.15, -0.1) is 0 Å². The number of rotatable bonds is 6. The smallest absolute Gasteiger partial charge is 0.287 e. The van der Waals surface area contributed by atoms with Crippen molar-refractivity contribution in [3.63, 3.8) is 0 Å². The molecule has 0 aliphatic heterocycles. The van der Waals surface area contributed by atoms with E-state index in [1.807, 2.05) is 20.8 Å². The van der Waals surface area contributed by atoms with E-state index in [9.17, 15) is 9.59 Å². The maximum Gasteiger partial charge on any atom is 0.287 e. The van der Waals surface area contributed by atoms with Crippen molar-refractivity contribution >= 4 is 27.7 Å². The van der Waals surface area contributed by atoms with E-state index in [-0.39, 0.29) is 36.3 Å². The third kappa shape index (κ3) is 5.89. The number of halogens is 1. The third-order valence-corrected chi connectivity index (χ3v) is 3.43. The van der Waals surface area contributed by atoms with E-state index in [1.54, 1.807) is 6.07 Å². The van der Waals surface area contributed by atoms with Gasteiger partial charge < -0.3 is 20.2 Å². The van der Waals surface area contributed by atoms with E-state index in [0.29, 0.717) is 11.1 Å². The van der Waals surface area contributed by atoms with Crippen LogP contribution in [0.15, 0.2) is 21.2 Å². The molecule has 1 aromatic heterocycles. The molecule has 1 heterocycles. The summed E-state index contributed by atoms with van der Waals surface area (Å²) in [6.07, 6.45) is 0.467. The van der Waals surface area contributed by atoms with Crippen LogP contribution in [-0.2, 0) is 4.79 Å². The summed E-state index contributed by atoms with van der Waals surface area (Å²) in [5.74, 6) is -0.620. The van der Waals surface area contributed by atoms with E-state index in [2.05, 4.69) is 26.6 Å². The van der Waals surface area contributed by atoms with Gasteiger partial charge in [0.15, 0.2) is 10.4 Å². The predicted molar refractivity (Wildman–Crippen MR) is 81.8 cm³/mol. The first-order valence-electron chi connectivity index (χ1n) is 6.68. The topological polar surface area (TPSA) is 91.6 Å². The van der Waals surface area contributed by atoms with Crippen LogP contribution in [0.1, 0.15) is 37.7 Å². The highest BCUT2D eigenvalue weighted by molar-refractivity contribution is 9.10. The number of furan rings is 1. The third-order valence-electron chi connectivity index (χ3n) is 3.00. The Labute approximate surface area is 132 Å². The Kier molecular flexibility index (Phi) is 6.42. The van der Waals surface area contributed by atoms with Gasteiger partial charge in [-0.2, -0.15) is 0 Å². The summed E-state index contributed by atoms with van der Waals surface area (Å²) in [6.45, 7) is 5.79. The maximum absolute atomic E-state index is 11.9. The molecular formula is C14H21BrN2O4. The lowest BCUT2D eigenvalue weighted by Crippen LogP contribution is -2.47.